The number of para-hydroxylation sites is 1. The number of carboxylic acids is 1. The molecule has 1 amide bonds. The van der Waals surface area contributed by atoms with Crippen LogP contribution in [-0.2, 0) is 9.59 Å². The zero-order valence-electron chi connectivity index (χ0n) is 11.6. The van der Waals surface area contributed by atoms with Crippen LogP contribution < -0.4 is 5.32 Å². The number of hydrogen-bond acceptors (Lipinski definition) is 3. The molecular formula is C14H19IN2O3. The highest BCUT2D eigenvalue weighted by atomic mass is 127. The van der Waals surface area contributed by atoms with Gasteiger partial charge < -0.3 is 10.4 Å². The second kappa shape index (κ2) is 8.21. The number of carbonyl (C=O) groups is 2. The molecular weight excluding hydrogens is 371 g/mol. The van der Waals surface area contributed by atoms with E-state index in [1.54, 1.807) is 4.90 Å². The third-order valence-corrected chi connectivity index (χ3v) is 3.44. The lowest BCUT2D eigenvalue weighted by molar-refractivity contribution is -0.138. The predicted octanol–water partition coefficient (Wildman–Crippen LogP) is 2.27. The third-order valence-electron chi connectivity index (χ3n) is 2.50. The van der Waals surface area contributed by atoms with Gasteiger partial charge in [0, 0.05) is 10.1 Å². The number of halogens is 1. The van der Waals surface area contributed by atoms with Crippen LogP contribution in [0.25, 0.3) is 0 Å². The molecule has 110 valence electrons. The summed E-state index contributed by atoms with van der Waals surface area (Å²) in [5.74, 6) is -0.817. The van der Waals surface area contributed by atoms with Crippen LogP contribution in [0.2, 0.25) is 0 Å². The molecule has 0 saturated carbocycles. The van der Waals surface area contributed by atoms with Gasteiger partial charge in [0.25, 0.3) is 0 Å². The molecule has 20 heavy (non-hydrogen) atoms. The number of anilines is 1. The lowest BCUT2D eigenvalue weighted by Gasteiger charge is -2.21. The first-order valence-corrected chi connectivity index (χ1v) is 7.45. The number of nitrogens with zero attached hydrogens (tertiary/aromatic N) is 1. The Morgan fingerprint density at radius 2 is 1.95 bits per heavy atom. The van der Waals surface area contributed by atoms with Gasteiger partial charge in [-0.2, -0.15) is 0 Å². The maximum Gasteiger partial charge on any atom is 0.317 e. The van der Waals surface area contributed by atoms with Crippen molar-refractivity contribution in [3.05, 3.63) is 27.8 Å². The highest BCUT2D eigenvalue weighted by Gasteiger charge is 2.15. The maximum absolute atomic E-state index is 12.0. The average molecular weight is 390 g/mol. The summed E-state index contributed by atoms with van der Waals surface area (Å²) < 4.78 is 0.951. The van der Waals surface area contributed by atoms with E-state index in [4.69, 9.17) is 5.11 Å². The van der Waals surface area contributed by atoms with Crippen LogP contribution in [-0.4, -0.2) is 41.5 Å². The number of benzene rings is 1. The Morgan fingerprint density at radius 3 is 2.50 bits per heavy atom. The first kappa shape index (κ1) is 16.9. The zero-order valence-corrected chi connectivity index (χ0v) is 13.8. The van der Waals surface area contributed by atoms with E-state index in [9.17, 15) is 9.59 Å². The van der Waals surface area contributed by atoms with Crippen molar-refractivity contribution in [2.45, 2.75) is 13.8 Å². The van der Waals surface area contributed by atoms with Crippen LogP contribution in [0.4, 0.5) is 5.69 Å². The molecule has 0 aliphatic rings. The fourth-order valence-electron chi connectivity index (χ4n) is 1.85. The van der Waals surface area contributed by atoms with Crippen LogP contribution in [0.15, 0.2) is 24.3 Å². The summed E-state index contributed by atoms with van der Waals surface area (Å²) in [6.45, 7) is 4.51. The minimum atomic E-state index is -0.923. The number of carbonyl (C=O) groups excluding carboxylic acids is 1. The minimum Gasteiger partial charge on any atom is -0.480 e. The highest BCUT2D eigenvalue weighted by Crippen LogP contribution is 2.16. The highest BCUT2D eigenvalue weighted by molar-refractivity contribution is 14.1. The average Bonchev–Trinajstić information content (AvgIpc) is 2.30. The maximum atomic E-state index is 12.0. The van der Waals surface area contributed by atoms with Crippen molar-refractivity contribution in [1.82, 2.24) is 4.90 Å². The number of nitrogens with one attached hydrogen (secondary N) is 1. The van der Waals surface area contributed by atoms with E-state index in [0.29, 0.717) is 12.5 Å². The van der Waals surface area contributed by atoms with E-state index >= 15 is 0 Å². The monoisotopic (exact) mass is 390 g/mol. The second-order valence-electron chi connectivity index (χ2n) is 4.99. The van der Waals surface area contributed by atoms with E-state index in [1.807, 2.05) is 38.1 Å². The van der Waals surface area contributed by atoms with Crippen LogP contribution in [0, 0.1) is 9.49 Å². The van der Waals surface area contributed by atoms with Crippen molar-refractivity contribution >= 4 is 40.2 Å². The molecule has 0 atom stereocenters. The van der Waals surface area contributed by atoms with Gasteiger partial charge in [0.2, 0.25) is 5.91 Å². The number of aliphatic carboxylic acids is 1. The quantitative estimate of drug-likeness (QED) is 0.701. The molecule has 2 N–H and O–H groups in total. The molecule has 0 radical (unpaired) electrons. The van der Waals surface area contributed by atoms with E-state index in [0.717, 1.165) is 9.26 Å². The Balaban J connectivity index is 2.61. The first-order chi connectivity index (χ1) is 9.38. The van der Waals surface area contributed by atoms with Gasteiger partial charge in [0.15, 0.2) is 0 Å². The molecule has 1 aromatic rings. The first-order valence-electron chi connectivity index (χ1n) is 6.37. The summed E-state index contributed by atoms with van der Waals surface area (Å²) in [4.78, 5) is 24.4. The minimum absolute atomic E-state index is 0.0788. The van der Waals surface area contributed by atoms with Gasteiger partial charge in [0.1, 0.15) is 0 Å². The normalized spacial score (nSPS) is 10.8. The number of hydrogen-bond donors (Lipinski definition) is 2. The van der Waals surface area contributed by atoms with Crippen molar-refractivity contribution in [2.75, 3.05) is 25.0 Å². The zero-order chi connectivity index (χ0) is 15.1. The lowest BCUT2D eigenvalue weighted by Crippen LogP contribution is -2.39. The van der Waals surface area contributed by atoms with Crippen molar-refractivity contribution < 1.29 is 14.7 Å². The number of rotatable bonds is 7. The van der Waals surface area contributed by atoms with Gasteiger partial charge >= 0.3 is 5.97 Å². The van der Waals surface area contributed by atoms with Crippen molar-refractivity contribution in [3.63, 3.8) is 0 Å². The fraction of sp³-hybridized carbons (Fsp3) is 0.429. The van der Waals surface area contributed by atoms with Gasteiger partial charge in [0.05, 0.1) is 18.8 Å². The Kier molecular flexibility index (Phi) is 6.94. The molecule has 6 heteroatoms. The number of amides is 1. The molecule has 1 rings (SSSR count). The SMILES string of the molecule is CC(C)CN(CC(=O)O)CC(=O)Nc1ccccc1I. The van der Waals surface area contributed by atoms with E-state index in [-0.39, 0.29) is 19.0 Å². The Hall–Kier alpha value is -1.15. The van der Waals surface area contributed by atoms with Crippen LogP contribution >= 0.6 is 22.6 Å². The Bertz CT molecular complexity index is 477. The second-order valence-corrected chi connectivity index (χ2v) is 6.15. The standard InChI is InChI=1S/C14H19IN2O3/c1-10(2)7-17(9-14(19)20)8-13(18)16-12-6-4-3-5-11(12)15/h3-6,10H,7-9H2,1-2H3,(H,16,18)(H,19,20). The van der Waals surface area contributed by atoms with Crippen molar-refractivity contribution in [3.8, 4) is 0 Å². The summed E-state index contributed by atoms with van der Waals surface area (Å²) in [5, 5.41) is 11.7. The molecule has 0 saturated heterocycles. The Labute approximate surface area is 132 Å². The van der Waals surface area contributed by atoms with Gasteiger partial charge in [-0.25, -0.2) is 0 Å². The summed E-state index contributed by atoms with van der Waals surface area (Å²) in [6.07, 6.45) is 0. The van der Waals surface area contributed by atoms with Gasteiger partial charge in [-0.05, 0) is 40.6 Å². The fourth-order valence-corrected chi connectivity index (χ4v) is 2.37. The molecule has 0 spiro atoms. The topological polar surface area (TPSA) is 69.6 Å². The number of carboxylic acid groups (broad SMARTS) is 1. The molecule has 0 heterocycles. The van der Waals surface area contributed by atoms with Crippen LogP contribution in [0.1, 0.15) is 13.8 Å². The third kappa shape index (κ3) is 6.33. The molecule has 0 aliphatic carbocycles. The molecule has 5 nitrogen and oxygen atoms in total. The molecule has 1 aromatic carbocycles. The van der Waals surface area contributed by atoms with Gasteiger partial charge in [-0.3, -0.25) is 14.5 Å². The van der Waals surface area contributed by atoms with E-state index < -0.39 is 5.97 Å². The summed E-state index contributed by atoms with van der Waals surface area (Å²) in [7, 11) is 0. The molecule has 0 fully saturated rings. The van der Waals surface area contributed by atoms with Crippen molar-refractivity contribution in [1.29, 1.82) is 0 Å². The summed E-state index contributed by atoms with van der Waals surface area (Å²) in [5.41, 5.74) is 0.748. The lowest BCUT2D eigenvalue weighted by atomic mass is 10.2. The largest absolute Gasteiger partial charge is 0.480 e. The van der Waals surface area contributed by atoms with Gasteiger partial charge in [-0.1, -0.05) is 26.0 Å². The molecule has 0 bridgehead atoms. The smallest absolute Gasteiger partial charge is 0.317 e. The predicted molar refractivity (Wildman–Crippen MR) is 86.7 cm³/mol. The molecule has 0 unspecified atom stereocenters. The van der Waals surface area contributed by atoms with Crippen LogP contribution in [0.5, 0.6) is 0 Å². The summed E-state index contributed by atoms with van der Waals surface area (Å²) in [6, 6.07) is 7.47. The van der Waals surface area contributed by atoms with E-state index in [1.165, 1.54) is 0 Å². The van der Waals surface area contributed by atoms with Crippen molar-refractivity contribution in [2.24, 2.45) is 5.92 Å². The van der Waals surface area contributed by atoms with Crippen LogP contribution in [0.3, 0.4) is 0 Å². The molecule has 0 aliphatic heterocycles. The van der Waals surface area contributed by atoms with E-state index in [2.05, 4.69) is 27.9 Å². The van der Waals surface area contributed by atoms with Gasteiger partial charge in [-0.15, -0.1) is 0 Å². The Morgan fingerprint density at radius 1 is 1.30 bits per heavy atom. The summed E-state index contributed by atoms with van der Waals surface area (Å²) >= 11 is 2.14. The molecule has 0 aromatic heterocycles.